The lowest BCUT2D eigenvalue weighted by atomic mass is 9.72. The van der Waals surface area contributed by atoms with E-state index in [1.807, 2.05) is 18.2 Å². The van der Waals surface area contributed by atoms with Crippen LogP contribution in [-0.4, -0.2) is 28.6 Å². The van der Waals surface area contributed by atoms with Crippen LogP contribution in [0.2, 0.25) is 0 Å². The fourth-order valence-corrected chi connectivity index (χ4v) is 4.99. The minimum absolute atomic E-state index is 0.00199. The molecule has 0 aromatic heterocycles. The Morgan fingerprint density at radius 3 is 2.28 bits per heavy atom. The molecule has 0 unspecified atom stereocenters. The van der Waals surface area contributed by atoms with Crippen molar-refractivity contribution in [2.45, 2.75) is 64.2 Å². The minimum Gasteiger partial charge on any atom is -0.481 e. The van der Waals surface area contributed by atoms with E-state index in [1.54, 1.807) is 12.1 Å². The van der Waals surface area contributed by atoms with Crippen molar-refractivity contribution >= 4 is 5.97 Å². The highest BCUT2D eigenvalue weighted by Crippen LogP contribution is 2.42. The van der Waals surface area contributed by atoms with Gasteiger partial charge in [0, 0.05) is 25.6 Å². The summed E-state index contributed by atoms with van der Waals surface area (Å²) >= 11 is 0. The SMILES string of the molecule is CC(C)CN(Cc1ccccc1)[C@@H]1CC[C@@H](CC(=O)O)C[C@H]1c1ccc(C(F)(F)F)cc1. The third-order valence-corrected chi connectivity index (χ3v) is 6.35. The summed E-state index contributed by atoms with van der Waals surface area (Å²) in [6, 6.07) is 15.8. The number of rotatable bonds is 8. The lowest BCUT2D eigenvalue weighted by Crippen LogP contribution is -2.44. The second-order valence-corrected chi connectivity index (χ2v) is 9.38. The molecule has 1 fully saturated rings. The Balaban J connectivity index is 1.91. The first-order chi connectivity index (χ1) is 15.1. The maximum atomic E-state index is 13.1. The summed E-state index contributed by atoms with van der Waals surface area (Å²) < 4.78 is 39.3. The Morgan fingerprint density at radius 2 is 1.72 bits per heavy atom. The number of nitrogens with zero attached hydrogens (tertiary/aromatic N) is 1. The maximum absolute atomic E-state index is 13.1. The Hall–Kier alpha value is -2.34. The van der Waals surface area contributed by atoms with Gasteiger partial charge in [0.1, 0.15) is 0 Å². The van der Waals surface area contributed by atoms with Crippen LogP contribution in [-0.2, 0) is 17.5 Å². The molecule has 3 rings (SSSR count). The Kier molecular flexibility index (Phi) is 7.99. The second kappa shape index (κ2) is 10.5. The van der Waals surface area contributed by atoms with Crippen molar-refractivity contribution in [1.29, 1.82) is 0 Å². The van der Waals surface area contributed by atoms with E-state index in [0.717, 1.165) is 43.6 Å². The number of halogens is 3. The van der Waals surface area contributed by atoms with Crippen molar-refractivity contribution in [3.8, 4) is 0 Å². The van der Waals surface area contributed by atoms with Gasteiger partial charge in [0.2, 0.25) is 0 Å². The first-order valence-corrected chi connectivity index (χ1v) is 11.3. The van der Waals surface area contributed by atoms with Gasteiger partial charge in [-0.05, 0) is 60.3 Å². The van der Waals surface area contributed by atoms with Crippen molar-refractivity contribution in [1.82, 2.24) is 4.90 Å². The van der Waals surface area contributed by atoms with Crippen LogP contribution in [0.3, 0.4) is 0 Å². The highest BCUT2D eigenvalue weighted by atomic mass is 19.4. The predicted octanol–water partition coefficient (Wildman–Crippen LogP) is 6.59. The van der Waals surface area contributed by atoms with E-state index in [1.165, 1.54) is 5.56 Å². The molecule has 2 aromatic rings. The maximum Gasteiger partial charge on any atom is 0.416 e. The van der Waals surface area contributed by atoms with Crippen LogP contribution >= 0.6 is 0 Å². The first-order valence-electron chi connectivity index (χ1n) is 11.3. The van der Waals surface area contributed by atoms with Crippen molar-refractivity contribution in [2.24, 2.45) is 11.8 Å². The largest absolute Gasteiger partial charge is 0.481 e. The number of hydrogen-bond acceptors (Lipinski definition) is 2. The van der Waals surface area contributed by atoms with Gasteiger partial charge in [-0.3, -0.25) is 9.69 Å². The number of alkyl halides is 3. The van der Waals surface area contributed by atoms with E-state index in [4.69, 9.17) is 0 Å². The normalized spacial score (nSPS) is 21.8. The van der Waals surface area contributed by atoms with Crippen LogP contribution in [0.25, 0.3) is 0 Å². The molecule has 2 aromatic carbocycles. The zero-order chi connectivity index (χ0) is 23.3. The van der Waals surface area contributed by atoms with Gasteiger partial charge in [-0.2, -0.15) is 13.2 Å². The molecule has 0 saturated heterocycles. The fraction of sp³-hybridized carbons (Fsp3) is 0.500. The molecule has 1 aliphatic carbocycles. The van der Waals surface area contributed by atoms with Gasteiger partial charge in [0.25, 0.3) is 0 Å². The fourth-order valence-electron chi connectivity index (χ4n) is 4.99. The highest BCUT2D eigenvalue weighted by Gasteiger charge is 2.37. The monoisotopic (exact) mass is 447 g/mol. The number of carbonyl (C=O) groups is 1. The first kappa shape index (κ1) is 24.3. The van der Waals surface area contributed by atoms with Crippen molar-refractivity contribution in [3.05, 3.63) is 71.3 Å². The van der Waals surface area contributed by atoms with Gasteiger partial charge in [0.05, 0.1) is 5.56 Å². The molecule has 0 heterocycles. The average molecular weight is 448 g/mol. The van der Waals surface area contributed by atoms with Crippen LogP contribution < -0.4 is 0 Å². The summed E-state index contributed by atoms with van der Waals surface area (Å²) in [5, 5.41) is 9.30. The number of carboxylic acid groups (broad SMARTS) is 1. The lowest BCUT2D eigenvalue weighted by Gasteiger charge is -2.43. The Labute approximate surface area is 188 Å². The number of carboxylic acids is 1. The summed E-state index contributed by atoms with van der Waals surface area (Å²) in [7, 11) is 0. The van der Waals surface area contributed by atoms with Gasteiger partial charge in [0.15, 0.2) is 0 Å². The van der Waals surface area contributed by atoms with E-state index in [2.05, 4.69) is 30.9 Å². The second-order valence-electron chi connectivity index (χ2n) is 9.38. The Bertz CT molecular complexity index is 865. The number of hydrogen-bond donors (Lipinski definition) is 1. The van der Waals surface area contributed by atoms with Crippen molar-refractivity contribution in [3.63, 3.8) is 0 Å². The summed E-state index contributed by atoms with van der Waals surface area (Å²) in [6.45, 7) is 5.98. The molecule has 1 aliphatic rings. The highest BCUT2D eigenvalue weighted by molar-refractivity contribution is 5.67. The molecule has 0 bridgehead atoms. The third-order valence-electron chi connectivity index (χ3n) is 6.35. The van der Waals surface area contributed by atoms with Crippen molar-refractivity contribution in [2.75, 3.05) is 6.54 Å². The Morgan fingerprint density at radius 1 is 1.06 bits per heavy atom. The summed E-state index contributed by atoms with van der Waals surface area (Å²) in [5.41, 5.74) is 1.41. The van der Waals surface area contributed by atoms with Gasteiger partial charge >= 0.3 is 12.1 Å². The summed E-state index contributed by atoms with van der Waals surface area (Å²) in [5.74, 6) is -0.349. The van der Waals surface area contributed by atoms with Gasteiger partial charge in [-0.15, -0.1) is 0 Å². The summed E-state index contributed by atoms with van der Waals surface area (Å²) in [4.78, 5) is 13.8. The number of benzene rings is 2. The molecule has 0 spiro atoms. The lowest BCUT2D eigenvalue weighted by molar-refractivity contribution is -0.139. The van der Waals surface area contributed by atoms with Gasteiger partial charge in [-0.25, -0.2) is 0 Å². The van der Waals surface area contributed by atoms with Gasteiger partial charge in [-0.1, -0.05) is 56.3 Å². The summed E-state index contributed by atoms with van der Waals surface area (Å²) in [6.07, 6.45) is -1.94. The quantitative estimate of drug-likeness (QED) is 0.496. The molecule has 174 valence electrons. The van der Waals surface area contributed by atoms with E-state index < -0.39 is 17.7 Å². The van der Waals surface area contributed by atoms with E-state index in [-0.39, 0.29) is 24.3 Å². The molecule has 1 N–H and O–H groups in total. The molecular formula is C26H32F3NO2. The topological polar surface area (TPSA) is 40.5 Å². The van der Waals surface area contributed by atoms with E-state index >= 15 is 0 Å². The number of aliphatic carboxylic acids is 1. The van der Waals surface area contributed by atoms with Gasteiger partial charge < -0.3 is 5.11 Å². The molecule has 3 nitrogen and oxygen atoms in total. The van der Waals surface area contributed by atoms with Crippen LogP contribution in [0.15, 0.2) is 54.6 Å². The molecule has 0 amide bonds. The predicted molar refractivity (Wildman–Crippen MR) is 119 cm³/mol. The zero-order valence-electron chi connectivity index (χ0n) is 18.7. The minimum atomic E-state index is -4.37. The smallest absolute Gasteiger partial charge is 0.416 e. The van der Waals surface area contributed by atoms with Crippen LogP contribution in [0, 0.1) is 11.8 Å². The van der Waals surface area contributed by atoms with E-state index in [9.17, 15) is 23.1 Å². The molecule has 6 heteroatoms. The van der Waals surface area contributed by atoms with Crippen LogP contribution in [0.4, 0.5) is 13.2 Å². The van der Waals surface area contributed by atoms with Crippen LogP contribution in [0.5, 0.6) is 0 Å². The third kappa shape index (κ3) is 6.58. The molecule has 32 heavy (non-hydrogen) atoms. The van der Waals surface area contributed by atoms with Crippen molar-refractivity contribution < 1.29 is 23.1 Å². The zero-order valence-corrected chi connectivity index (χ0v) is 18.7. The average Bonchev–Trinajstić information content (AvgIpc) is 2.73. The molecule has 1 saturated carbocycles. The standard InChI is InChI=1S/C26H32F3NO2/c1-18(2)16-30(17-19-6-4-3-5-7-19)24-13-8-20(15-25(31)32)14-23(24)21-9-11-22(12-10-21)26(27,28)29/h3-7,9-12,18,20,23-24H,8,13-17H2,1-2H3,(H,31,32)/t20-,23+,24-/m1/s1. The molecular weight excluding hydrogens is 415 g/mol. The van der Waals surface area contributed by atoms with E-state index in [0.29, 0.717) is 12.3 Å². The molecule has 0 radical (unpaired) electrons. The molecule has 0 aliphatic heterocycles. The molecule has 3 atom stereocenters. The van der Waals surface area contributed by atoms with Crippen LogP contribution in [0.1, 0.15) is 62.1 Å².